The fourth-order valence-corrected chi connectivity index (χ4v) is 1.39. The molecule has 1 aromatic heterocycles. The molecule has 1 rings (SSSR count). The average molecular weight is 222 g/mol. The van der Waals surface area contributed by atoms with E-state index in [-0.39, 0.29) is 0 Å². The highest BCUT2D eigenvalue weighted by molar-refractivity contribution is 5.34. The Morgan fingerprint density at radius 1 is 1.31 bits per heavy atom. The van der Waals surface area contributed by atoms with Gasteiger partial charge in [-0.3, -0.25) is 4.98 Å². The van der Waals surface area contributed by atoms with Crippen molar-refractivity contribution in [1.82, 2.24) is 14.9 Å². The molecule has 0 saturated carbocycles. The molecule has 0 aliphatic rings. The molecular weight excluding hydrogens is 200 g/mol. The van der Waals surface area contributed by atoms with Crippen LogP contribution in [-0.2, 0) is 0 Å². The van der Waals surface area contributed by atoms with Gasteiger partial charge in [-0.05, 0) is 47.8 Å². The molecule has 1 unspecified atom stereocenters. The summed E-state index contributed by atoms with van der Waals surface area (Å²) in [6, 6.07) is 0.416. The van der Waals surface area contributed by atoms with Crippen LogP contribution >= 0.6 is 0 Å². The van der Waals surface area contributed by atoms with Gasteiger partial charge in [0.1, 0.15) is 5.82 Å². The predicted molar refractivity (Wildman–Crippen MR) is 67.8 cm³/mol. The Bertz CT molecular complexity index is 336. The molecule has 0 spiro atoms. The first kappa shape index (κ1) is 12.9. The Morgan fingerprint density at radius 3 is 2.56 bits per heavy atom. The van der Waals surface area contributed by atoms with Gasteiger partial charge in [0, 0.05) is 6.04 Å². The van der Waals surface area contributed by atoms with E-state index >= 15 is 0 Å². The molecular formula is C12H22N4. The zero-order valence-electron chi connectivity index (χ0n) is 10.9. The van der Waals surface area contributed by atoms with E-state index in [0.29, 0.717) is 6.04 Å². The summed E-state index contributed by atoms with van der Waals surface area (Å²) in [5, 5.41) is 3.36. The summed E-state index contributed by atoms with van der Waals surface area (Å²) >= 11 is 0. The molecule has 1 atom stereocenters. The second kappa shape index (κ2) is 5.80. The SMILES string of the molecule is Cc1ncc(NC(C)CCN(C)C)nc1C. The minimum absolute atomic E-state index is 0.416. The minimum atomic E-state index is 0.416. The molecule has 0 bridgehead atoms. The van der Waals surface area contributed by atoms with Gasteiger partial charge in [-0.2, -0.15) is 0 Å². The largest absolute Gasteiger partial charge is 0.366 e. The van der Waals surface area contributed by atoms with Gasteiger partial charge < -0.3 is 10.2 Å². The third-order valence-electron chi connectivity index (χ3n) is 2.60. The first-order valence-corrected chi connectivity index (χ1v) is 5.70. The molecule has 0 amide bonds. The van der Waals surface area contributed by atoms with Crippen LogP contribution in [0.4, 0.5) is 5.82 Å². The number of anilines is 1. The summed E-state index contributed by atoms with van der Waals surface area (Å²) in [5.41, 5.74) is 1.98. The number of hydrogen-bond donors (Lipinski definition) is 1. The fraction of sp³-hybridized carbons (Fsp3) is 0.667. The Balaban J connectivity index is 2.49. The lowest BCUT2D eigenvalue weighted by Crippen LogP contribution is -2.23. The molecule has 4 nitrogen and oxygen atoms in total. The monoisotopic (exact) mass is 222 g/mol. The molecule has 0 aliphatic carbocycles. The van der Waals surface area contributed by atoms with Crippen molar-refractivity contribution in [3.05, 3.63) is 17.6 Å². The first-order valence-electron chi connectivity index (χ1n) is 5.70. The van der Waals surface area contributed by atoms with E-state index in [1.807, 2.05) is 13.8 Å². The second-order valence-electron chi connectivity index (χ2n) is 4.56. The lowest BCUT2D eigenvalue weighted by molar-refractivity contribution is 0.390. The molecule has 1 heterocycles. The quantitative estimate of drug-likeness (QED) is 0.825. The van der Waals surface area contributed by atoms with Crippen molar-refractivity contribution in [3.63, 3.8) is 0 Å². The van der Waals surface area contributed by atoms with Gasteiger partial charge in [0.05, 0.1) is 17.6 Å². The van der Waals surface area contributed by atoms with Gasteiger partial charge in [0.15, 0.2) is 0 Å². The zero-order chi connectivity index (χ0) is 12.1. The van der Waals surface area contributed by atoms with Crippen LogP contribution in [-0.4, -0.2) is 41.5 Å². The van der Waals surface area contributed by atoms with E-state index in [0.717, 1.165) is 30.2 Å². The summed E-state index contributed by atoms with van der Waals surface area (Å²) in [4.78, 5) is 10.9. The summed E-state index contributed by atoms with van der Waals surface area (Å²) in [6.45, 7) is 7.20. The lowest BCUT2D eigenvalue weighted by atomic mass is 10.2. The van der Waals surface area contributed by atoms with Crippen molar-refractivity contribution < 1.29 is 0 Å². The Kier molecular flexibility index (Phi) is 4.68. The van der Waals surface area contributed by atoms with Crippen LogP contribution in [0.5, 0.6) is 0 Å². The van der Waals surface area contributed by atoms with Crippen molar-refractivity contribution in [2.45, 2.75) is 33.2 Å². The van der Waals surface area contributed by atoms with Crippen LogP contribution in [0.2, 0.25) is 0 Å². The van der Waals surface area contributed by atoms with Crippen molar-refractivity contribution in [1.29, 1.82) is 0 Å². The molecule has 1 aromatic rings. The number of nitrogens with one attached hydrogen (secondary N) is 1. The number of rotatable bonds is 5. The summed E-state index contributed by atoms with van der Waals surface area (Å²) in [6.07, 6.45) is 2.90. The molecule has 0 aliphatic heterocycles. The number of aryl methyl sites for hydroxylation is 2. The fourth-order valence-electron chi connectivity index (χ4n) is 1.39. The summed E-state index contributed by atoms with van der Waals surface area (Å²) in [7, 11) is 4.17. The van der Waals surface area contributed by atoms with E-state index in [2.05, 4.69) is 41.2 Å². The van der Waals surface area contributed by atoms with E-state index in [1.54, 1.807) is 6.20 Å². The highest BCUT2D eigenvalue weighted by atomic mass is 15.1. The Labute approximate surface area is 98.1 Å². The van der Waals surface area contributed by atoms with Gasteiger partial charge in [-0.1, -0.05) is 0 Å². The molecule has 4 heteroatoms. The third kappa shape index (κ3) is 4.14. The highest BCUT2D eigenvalue weighted by Crippen LogP contribution is 2.08. The van der Waals surface area contributed by atoms with Crippen molar-refractivity contribution >= 4 is 5.82 Å². The van der Waals surface area contributed by atoms with E-state index in [9.17, 15) is 0 Å². The van der Waals surface area contributed by atoms with Gasteiger partial charge in [-0.15, -0.1) is 0 Å². The molecule has 0 aromatic carbocycles. The molecule has 0 saturated heterocycles. The summed E-state index contributed by atoms with van der Waals surface area (Å²) < 4.78 is 0. The van der Waals surface area contributed by atoms with Gasteiger partial charge in [0.25, 0.3) is 0 Å². The van der Waals surface area contributed by atoms with Crippen LogP contribution in [0.15, 0.2) is 6.20 Å². The van der Waals surface area contributed by atoms with Gasteiger partial charge >= 0.3 is 0 Å². The lowest BCUT2D eigenvalue weighted by Gasteiger charge is -2.17. The topological polar surface area (TPSA) is 41.1 Å². The number of hydrogen-bond acceptors (Lipinski definition) is 4. The maximum Gasteiger partial charge on any atom is 0.145 e. The minimum Gasteiger partial charge on any atom is -0.366 e. The molecule has 0 fully saturated rings. The van der Waals surface area contributed by atoms with E-state index < -0.39 is 0 Å². The second-order valence-corrected chi connectivity index (χ2v) is 4.56. The normalized spacial score (nSPS) is 12.9. The van der Waals surface area contributed by atoms with Crippen molar-refractivity contribution in [2.24, 2.45) is 0 Å². The molecule has 0 radical (unpaired) electrons. The van der Waals surface area contributed by atoms with Crippen LogP contribution in [0.3, 0.4) is 0 Å². The Morgan fingerprint density at radius 2 is 2.00 bits per heavy atom. The van der Waals surface area contributed by atoms with Gasteiger partial charge in [-0.25, -0.2) is 4.98 Å². The van der Waals surface area contributed by atoms with E-state index in [1.165, 1.54) is 0 Å². The van der Waals surface area contributed by atoms with Crippen molar-refractivity contribution in [3.8, 4) is 0 Å². The van der Waals surface area contributed by atoms with Crippen LogP contribution < -0.4 is 5.32 Å². The third-order valence-corrected chi connectivity index (χ3v) is 2.60. The van der Waals surface area contributed by atoms with Crippen LogP contribution in [0.1, 0.15) is 24.7 Å². The maximum atomic E-state index is 4.45. The molecule has 90 valence electrons. The number of aromatic nitrogens is 2. The highest BCUT2D eigenvalue weighted by Gasteiger charge is 2.05. The molecule has 1 N–H and O–H groups in total. The number of nitrogens with zero attached hydrogens (tertiary/aromatic N) is 3. The summed E-state index contributed by atoms with van der Waals surface area (Å²) in [5.74, 6) is 0.870. The average Bonchev–Trinajstić information content (AvgIpc) is 2.21. The Hall–Kier alpha value is -1.16. The maximum absolute atomic E-state index is 4.45. The van der Waals surface area contributed by atoms with Gasteiger partial charge in [0.2, 0.25) is 0 Å². The molecule has 16 heavy (non-hydrogen) atoms. The predicted octanol–water partition coefficient (Wildman–Crippen LogP) is 1.85. The van der Waals surface area contributed by atoms with Crippen molar-refractivity contribution in [2.75, 3.05) is 26.0 Å². The zero-order valence-corrected chi connectivity index (χ0v) is 10.9. The standard InChI is InChI=1S/C12H22N4/c1-9(6-7-16(4)5)14-12-8-13-10(2)11(3)15-12/h8-9H,6-7H2,1-5H3,(H,14,15). The smallest absolute Gasteiger partial charge is 0.145 e. The van der Waals surface area contributed by atoms with Crippen LogP contribution in [0.25, 0.3) is 0 Å². The van der Waals surface area contributed by atoms with E-state index in [4.69, 9.17) is 0 Å². The first-order chi connectivity index (χ1) is 7.49. The van der Waals surface area contributed by atoms with Crippen LogP contribution in [0, 0.1) is 13.8 Å².